The maximum atomic E-state index is 12.8. The van der Waals surface area contributed by atoms with Gasteiger partial charge >= 0.3 is 5.97 Å². The zero-order chi connectivity index (χ0) is 19.4. The number of aromatic nitrogens is 1. The first-order chi connectivity index (χ1) is 13.0. The van der Waals surface area contributed by atoms with Crippen molar-refractivity contribution in [1.82, 2.24) is 10.3 Å². The van der Waals surface area contributed by atoms with E-state index in [1.54, 1.807) is 12.1 Å². The lowest BCUT2D eigenvalue weighted by atomic mass is 10.1. The molecular formula is C18H15ClN2O3S3. The summed E-state index contributed by atoms with van der Waals surface area (Å²) in [5.74, 6) is -1.51. The van der Waals surface area contributed by atoms with E-state index < -0.39 is 23.2 Å². The van der Waals surface area contributed by atoms with Crippen LogP contribution in [0.3, 0.4) is 0 Å². The topological polar surface area (TPSA) is 79.3 Å². The van der Waals surface area contributed by atoms with E-state index in [1.807, 2.05) is 36.4 Å². The van der Waals surface area contributed by atoms with Gasteiger partial charge < -0.3 is 10.4 Å². The van der Waals surface area contributed by atoms with Crippen molar-refractivity contribution in [3.8, 4) is 0 Å². The molecule has 0 fully saturated rings. The number of carbonyl (C=O) groups excluding carboxylic acids is 1. The molecule has 1 amide bonds. The Morgan fingerprint density at radius 3 is 2.67 bits per heavy atom. The fourth-order valence-corrected chi connectivity index (χ4v) is 5.03. The van der Waals surface area contributed by atoms with Crippen molar-refractivity contribution >= 4 is 69.4 Å². The average molecular weight is 439 g/mol. The van der Waals surface area contributed by atoms with Gasteiger partial charge in [-0.2, -0.15) is 12.6 Å². The molecule has 27 heavy (non-hydrogen) atoms. The third-order valence-electron chi connectivity index (χ3n) is 3.69. The molecule has 0 bridgehead atoms. The smallest absolute Gasteiger partial charge is 0.327 e. The molecule has 0 aliphatic heterocycles. The highest BCUT2D eigenvalue weighted by molar-refractivity contribution is 8.02. The molecule has 140 valence electrons. The van der Waals surface area contributed by atoms with E-state index in [0.717, 1.165) is 15.8 Å². The molecular weight excluding hydrogens is 424 g/mol. The number of rotatable bonds is 7. The lowest BCUT2D eigenvalue weighted by Crippen LogP contribution is -2.43. The zero-order valence-electron chi connectivity index (χ0n) is 13.8. The van der Waals surface area contributed by atoms with Crippen LogP contribution >= 0.6 is 47.3 Å². The molecule has 3 rings (SSSR count). The van der Waals surface area contributed by atoms with Crippen molar-refractivity contribution in [3.63, 3.8) is 0 Å². The molecule has 2 N–H and O–H groups in total. The van der Waals surface area contributed by atoms with E-state index in [-0.39, 0.29) is 5.75 Å². The lowest BCUT2D eigenvalue weighted by Gasteiger charge is -2.18. The molecule has 0 unspecified atom stereocenters. The van der Waals surface area contributed by atoms with Gasteiger partial charge in [-0.05, 0) is 23.8 Å². The minimum absolute atomic E-state index is 0.00683. The molecule has 1 heterocycles. The number of hydrogen-bond donors (Lipinski definition) is 3. The molecule has 9 heteroatoms. The number of thiol groups is 1. The first-order valence-corrected chi connectivity index (χ1v) is 10.6. The van der Waals surface area contributed by atoms with Crippen LogP contribution in [0.5, 0.6) is 0 Å². The summed E-state index contributed by atoms with van der Waals surface area (Å²) in [5, 5.41) is 11.7. The maximum Gasteiger partial charge on any atom is 0.327 e. The van der Waals surface area contributed by atoms with Gasteiger partial charge in [0.05, 0.1) is 10.2 Å². The summed E-state index contributed by atoms with van der Waals surface area (Å²) < 4.78 is 1.67. The number of aliphatic carboxylic acids is 1. The second-order valence-corrected chi connectivity index (χ2v) is 8.77. The van der Waals surface area contributed by atoms with E-state index in [0.29, 0.717) is 9.36 Å². The Labute approximate surface area is 174 Å². The summed E-state index contributed by atoms with van der Waals surface area (Å²) in [4.78, 5) is 28.6. The van der Waals surface area contributed by atoms with Crippen LogP contribution in [-0.2, 0) is 9.59 Å². The van der Waals surface area contributed by atoms with Crippen molar-refractivity contribution < 1.29 is 14.7 Å². The van der Waals surface area contributed by atoms with Crippen molar-refractivity contribution in [1.29, 1.82) is 0 Å². The van der Waals surface area contributed by atoms with E-state index in [1.165, 1.54) is 23.1 Å². The summed E-state index contributed by atoms with van der Waals surface area (Å²) in [6.45, 7) is 0. The number of thiazole rings is 1. The summed E-state index contributed by atoms with van der Waals surface area (Å²) in [6.07, 6.45) is 0. The number of halogens is 1. The number of benzene rings is 2. The number of nitrogens with zero attached hydrogens (tertiary/aromatic N) is 1. The van der Waals surface area contributed by atoms with Crippen molar-refractivity contribution in [2.24, 2.45) is 0 Å². The average Bonchev–Trinajstić information content (AvgIpc) is 3.06. The Morgan fingerprint density at radius 1 is 1.26 bits per heavy atom. The SMILES string of the molecule is O=C(N[C@H](CS)C(=O)O)[C@@H](Sc1nc2cc(Cl)ccc2s1)c1ccccc1. The first kappa shape index (κ1) is 20.0. The van der Waals surface area contributed by atoms with Crippen molar-refractivity contribution in [2.75, 3.05) is 5.75 Å². The lowest BCUT2D eigenvalue weighted by molar-refractivity contribution is -0.141. The second-order valence-electron chi connectivity index (χ2n) is 5.58. The van der Waals surface area contributed by atoms with Gasteiger partial charge in [-0.25, -0.2) is 9.78 Å². The monoisotopic (exact) mass is 438 g/mol. The Morgan fingerprint density at radius 2 is 2.00 bits per heavy atom. The second kappa shape index (κ2) is 8.97. The minimum atomic E-state index is -1.12. The third-order valence-corrected chi connectivity index (χ3v) is 6.67. The maximum absolute atomic E-state index is 12.8. The molecule has 2 atom stereocenters. The molecule has 3 aromatic rings. The van der Waals surface area contributed by atoms with Crippen LogP contribution in [0.1, 0.15) is 10.8 Å². The largest absolute Gasteiger partial charge is 0.480 e. The standard InChI is InChI=1S/C18H15ClN2O3S3/c19-11-6-7-14-12(8-11)21-18(26-14)27-15(10-4-2-1-3-5-10)16(22)20-13(9-25)17(23)24/h1-8,13,15,25H,9H2,(H,20,22)(H,23,24)/t13-,15+/m1/s1. The van der Waals surface area contributed by atoms with Gasteiger partial charge in [0.15, 0.2) is 4.34 Å². The van der Waals surface area contributed by atoms with Gasteiger partial charge in [0.25, 0.3) is 0 Å². The highest BCUT2D eigenvalue weighted by atomic mass is 35.5. The number of amides is 1. The molecule has 0 saturated heterocycles. The minimum Gasteiger partial charge on any atom is -0.480 e. The van der Waals surface area contributed by atoms with E-state index in [4.69, 9.17) is 11.6 Å². The van der Waals surface area contributed by atoms with Crippen LogP contribution in [0.25, 0.3) is 10.2 Å². The highest BCUT2D eigenvalue weighted by Crippen LogP contribution is 2.39. The van der Waals surface area contributed by atoms with Gasteiger partial charge in [0.2, 0.25) is 5.91 Å². The van der Waals surface area contributed by atoms with Crippen molar-refractivity contribution in [2.45, 2.75) is 15.6 Å². The summed E-state index contributed by atoms with van der Waals surface area (Å²) in [7, 11) is 0. The number of thioether (sulfide) groups is 1. The van der Waals surface area contributed by atoms with E-state index in [9.17, 15) is 14.7 Å². The van der Waals surface area contributed by atoms with E-state index >= 15 is 0 Å². The molecule has 0 aliphatic carbocycles. The van der Waals surface area contributed by atoms with Gasteiger partial charge in [-0.1, -0.05) is 53.7 Å². The van der Waals surface area contributed by atoms with Gasteiger partial charge in [-0.15, -0.1) is 11.3 Å². The van der Waals surface area contributed by atoms with Gasteiger partial charge in [0, 0.05) is 10.8 Å². The van der Waals surface area contributed by atoms with Crippen LogP contribution < -0.4 is 5.32 Å². The Kier molecular flexibility index (Phi) is 6.64. The van der Waals surface area contributed by atoms with Crippen LogP contribution in [0.2, 0.25) is 5.02 Å². The molecule has 2 aromatic carbocycles. The molecule has 0 saturated carbocycles. The highest BCUT2D eigenvalue weighted by Gasteiger charge is 2.27. The van der Waals surface area contributed by atoms with Gasteiger partial charge in [-0.3, -0.25) is 4.79 Å². The normalized spacial score (nSPS) is 13.3. The van der Waals surface area contributed by atoms with Gasteiger partial charge in [0.1, 0.15) is 11.3 Å². The van der Waals surface area contributed by atoms with Crippen molar-refractivity contribution in [3.05, 3.63) is 59.1 Å². The number of carboxylic acid groups (broad SMARTS) is 1. The number of carbonyl (C=O) groups is 2. The van der Waals surface area contributed by atoms with E-state index in [2.05, 4.69) is 22.9 Å². The molecule has 5 nitrogen and oxygen atoms in total. The Bertz CT molecular complexity index is 965. The van der Waals surface area contributed by atoms with Crippen LogP contribution in [0.15, 0.2) is 52.9 Å². The van der Waals surface area contributed by atoms with Crippen LogP contribution in [-0.4, -0.2) is 33.8 Å². The quantitative estimate of drug-likeness (QED) is 0.379. The molecule has 0 aliphatic rings. The van der Waals surface area contributed by atoms with Crippen LogP contribution in [0, 0.1) is 0 Å². The first-order valence-electron chi connectivity index (χ1n) is 7.89. The predicted molar refractivity (Wildman–Crippen MR) is 113 cm³/mol. The van der Waals surface area contributed by atoms with Crippen LogP contribution in [0.4, 0.5) is 0 Å². The summed E-state index contributed by atoms with van der Waals surface area (Å²) in [6, 6.07) is 13.6. The zero-order valence-corrected chi connectivity index (χ0v) is 17.1. The molecule has 0 radical (unpaired) electrons. The third kappa shape index (κ3) is 4.95. The fraction of sp³-hybridized carbons (Fsp3) is 0.167. The number of nitrogens with one attached hydrogen (secondary N) is 1. The number of carboxylic acids is 1. The molecule has 1 aromatic heterocycles. The Balaban J connectivity index is 1.89. The Hall–Kier alpha value is -1.74. The number of hydrogen-bond acceptors (Lipinski definition) is 6. The summed E-state index contributed by atoms with van der Waals surface area (Å²) in [5.41, 5.74) is 1.53. The predicted octanol–water partition coefficient (Wildman–Crippen LogP) is 4.28. The number of fused-ring (bicyclic) bond motifs is 1. The fourth-order valence-electron chi connectivity index (χ4n) is 2.36. The summed E-state index contributed by atoms with van der Waals surface area (Å²) >= 11 is 12.8. The molecule has 0 spiro atoms.